The van der Waals surface area contributed by atoms with Crippen molar-refractivity contribution in [3.63, 3.8) is 0 Å². The molecule has 1 atom stereocenters. The number of methoxy groups -OCH3 is 1. The number of primary sulfonamides is 1. The Hall–Kier alpha value is -1.15. The number of ketones is 1. The minimum Gasteiger partial charge on any atom is -0.495 e. The fourth-order valence-corrected chi connectivity index (χ4v) is 1.95. The lowest BCUT2D eigenvalue weighted by Gasteiger charge is -2.09. The van der Waals surface area contributed by atoms with E-state index in [0.717, 1.165) is 6.07 Å². The quantitative estimate of drug-likeness (QED) is 0.776. The Morgan fingerprint density at radius 2 is 2.11 bits per heavy atom. The van der Waals surface area contributed by atoms with E-state index in [1.165, 1.54) is 19.2 Å². The molecule has 0 amide bonds. The lowest BCUT2D eigenvalue weighted by atomic mass is 10.1. The van der Waals surface area contributed by atoms with Crippen LogP contribution in [0.15, 0.2) is 23.1 Å². The summed E-state index contributed by atoms with van der Waals surface area (Å²) in [6.07, 6.45) is 0. The molecule has 102 valence electrons. The van der Waals surface area contributed by atoms with E-state index in [1.807, 2.05) is 0 Å². The van der Waals surface area contributed by atoms with Crippen LogP contribution in [0.5, 0.6) is 5.75 Å². The zero-order valence-corrected chi connectivity index (χ0v) is 11.0. The zero-order valence-electron chi connectivity index (χ0n) is 12.4. The molecule has 0 aliphatic carbocycles. The number of benzene rings is 1. The highest BCUT2D eigenvalue weighted by Crippen LogP contribution is 2.24. The van der Waals surface area contributed by atoms with Crippen LogP contribution >= 0.6 is 12.4 Å². The zero-order chi connectivity index (χ0) is 15.7. The van der Waals surface area contributed by atoms with Crippen molar-refractivity contribution in [2.75, 3.05) is 7.11 Å². The van der Waals surface area contributed by atoms with Gasteiger partial charge in [-0.3, -0.25) is 4.79 Å². The molecule has 0 saturated carbocycles. The topological polar surface area (TPSA) is 112 Å². The molecule has 0 radical (unpaired) electrons. The summed E-state index contributed by atoms with van der Waals surface area (Å²) in [5.74, 6) is -0.955. The van der Waals surface area contributed by atoms with Crippen LogP contribution in [0.2, 0.25) is 0 Å². The smallest absolute Gasteiger partial charge is 0.241 e. The third-order valence-electron chi connectivity index (χ3n) is 2.04. The summed E-state index contributed by atoms with van der Waals surface area (Å²) in [5, 5.41) is 5.00. The number of hydrogen-bond acceptors (Lipinski definition) is 5. The van der Waals surface area contributed by atoms with Crippen molar-refractivity contribution in [1.29, 1.82) is 0 Å². The molecular weight excluding hydrogens is 280 g/mol. The van der Waals surface area contributed by atoms with Gasteiger partial charge >= 0.3 is 0 Å². The highest BCUT2D eigenvalue weighted by atomic mass is 35.5. The molecule has 18 heavy (non-hydrogen) atoms. The molecule has 0 aliphatic heterocycles. The third kappa shape index (κ3) is 3.67. The lowest BCUT2D eigenvalue weighted by Crippen LogP contribution is -2.27. The van der Waals surface area contributed by atoms with Crippen LogP contribution in [0.4, 0.5) is 0 Å². The van der Waals surface area contributed by atoms with E-state index in [4.69, 9.17) is 19.7 Å². The molecule has 0 spiro atoms. The van der Waals surface area contributed by atoms with Crippen molar-refractivity contribution >= 4 is 28.2 Å². The molecule has 1 aromatic carbocycles. The predicted molar refractivity (Wildman–Crippen MR) is 69.6 cm³/mol. The van der Waals surface area contributed by atoms with Gasteiger partial charge in [0.15, 0.2) is 5.78 Å². The van der Waals surface area contributed by atoms with E-state index in [0.29, 0.717) is 0 Å². The first-order chi connectivity index (χ1) is 8.98. The summed E-state index contributed by atoms with van der Waals surface area (Å²) in [6, 6.07) is 1.63. The molecule has 1 aromatic rings. The predicted octanol–water partition coefficient (Wildman–Crippen LogP) is 0.294. The minimum atomic E-state index is -4.12. The largest absolute Gasteiger partial charge is 0.495 e. The molecule has 4 N–H and O–H groups in total. The summed E-state index contributed by atoms with van der Waals surface area (Å²) in [4.78, 5) is 11.5. The van der Waals surface area contributed by atoms with Crippen molar-refractivity contribution in [2.24, 2.45) is 10.9 Å². The van der Waals surface area contributed by atoms with Crippen molar-refractivity contribution < 1.29 is 22.1 Å². The molecule has 0 saturated heterocycles. The maximum atomic E-state index is 11.9. The van der Waals surface area contributed by atoms with Gasteiger partial charge in [0.05, 0.1) is 13.2 Å². The number of Topliss-reactive ketones (excluding diaryl/α,β-unsaturated/α-hetero) is 1. The summed E-state index contributed by atoms with van der Waals surface area (Å²) in [6.45, 7) is -2.68. The number of hydrogen-bond donors (Lipinski definition) is 2. The van der Waals surface area contributed by atoms with Crippen LogP contribution in [0, 0.1) is 0 Å². The van der Waals surface area contributed by atoms with Crippen LogP contribution in [0.25, 0.3) is 0 Å². The molecule has 0 aromatic heterocycles. The first-order valence-corrected chi connectivity index (χ1v) is 6.03. The molecule has 0 fully saturated rings. The molecule has 0 heterocycles. The SMILES string of the molecule is Cl.[2H]C([2H])([2H])[C@H](N)C(=O)c1ccc(OC)c(S(N)(=O)=O)c1. The maximum absolute atomic E-state index is 11.9. The average molecular weight is 298 g/mol. The Morgan fingerprint density at radius 3 is 2.56 bits per heavy atom. The molecular formula is C10H15ClN2O4S. The summed E-state index contributed by atoms with van der Waals surface area (Å²) in [5.41, 5.74) is 5.16. The average Bonchev–Trinajstić information content (AvgIpc) is 2.34. The van der Waals surface area contributed by atoms with Gasteiger partial charge in [-0.05, 0) is 25.1 Å². The van der Waals surface area contributed by atoms with Crippen LogP contribution in [0.3, 0.4) is 0 Å². The number of carbonyl (C=O) groups is 1. The molecule has 0 bridgehead atoms. The summed E-state index contributed by atoms with van der Waals surface area (Å²) in [7, 11) is -2.89. The van der Waals surface area contributed by atoms with Gasteiger partial charge in [-0.25, -0.2) is 13.6 Å². The molecule has 0 unspecified atom stereocenters. The van der Waals surface area contributed by atoms with E-state index < -0.39 is 33.6 Å². The second-order valence-electron chi connectivity index (χ2n) is 3.25. The van der Waals surface area contributed by atoms with E-state index in [9.17, 15) is 13.2 Å². The standard InChI is InChI=1S/C10H14N2O4S.ClH/c1-6(11)10(13)7-3-4-8(16-2)9(5-7)17(12,14)15;/h3-6H,11H2,1-2H3,(H2,12,14,15);1H/t6-;/m0./s1/i1D3;. The Morgan fingerprint density at radius 1 is 1.50 bits per heavy atom. The fraction of sp³-hybridized carbons (Fsp3) is 0.300. The van der Waals surface area contributed by atoms with E-state index in [2.05, 4.69) is 0 Å². The van der Waals surface area contributed by atoms with Crippen molar-refractivity contribution in [3.05, 3.63) is 23.8 Å². The number of carbonyl (C=O) groups excluding carboxylic acids is 1. The number of sulfonamides is 1. The van der Waals surface area contributed by atoms with E-state index in [1.54, 1.807) is 0 Å². The van der Waals surface area contributed by atoms with Gasteiger partial charge in [0.1, 0.15) is 10.6 Å². The first kappa shape index (κ1) is 11.9. The maximum Gasteiger partial charge on any atom is 0.241 e. The molecule has 0 aliphatic rings. The van der Waals surface area contributed by atoms with Gasteiger partial charge in [0, 0.05) is 9.68 Å². The second-order valence-corrected chi connectivity index (χ2v) is 4.78. The molecule has 6 nitrogen and oxygen atoms in total. The van der Waals surface area contributed by atoms with E-state index >= 15 is 0 Å². The van der Waals surface area contributed by atoms with Gasteiger partial charge in [-0.15, -0.1) is 12.4 Å². The molecule has 1 rings (SSSR count). The number of rotatable bonds is 4. The van der Waals surface area contributed by atoms with Crippen molar-refractivity contribution in [3.8, 4) is 5.75 Å². The van der Waals surface area contributed by atoms with Crippen LogP contribution in [-0.2, 0) is 10.0 Å². The van der Waals surface area contributed by atoms with Gasteiger partial charge in [-0.1, -0.05) is 0 Å². The Kier molecular flexibility index (Phi) is 4.07. The van der Waals surface area contributed by atoms with Crippen LogP contribution in [-0.4, -0.2) is 27.4 Å². The minimum absolute atomic E-state index is 0. The summed E-state index contributed by atoms with van der Waals surface area (Å²) >= 11 is 0. The monoisotopic (exact) mass is 297 g/mol. The Labute approximate surface area is 116 Å². The second kappa shape index (κ2) is 6.14. The van der Waals surface area contributed by atoms with Crippen LogP contribution in [0.1, 0.15) is 21.3 Å². The normalized spacial score (nSPS) is 15.6. The summed E-state index contributed by atoms with van der Waals surface area (Å²) < 4.78 is 48.9. The Balaban J connectivity index is 0.00000400. The number of ether oxygens (including phenoxy) is 1. The fourth-order valence-electron chi connectivity index (χ4n) is 1.23. The van der Waals surface area contributed by atoms with Gasteiger partial charge in [-0.2, -0.15) is 0 Å². The van der Waals surface area contributed by atoms with Crippen molar-refractivity contribution in [1.82, 2.24) is 0 Å². The van der Waals surface area contributed by atoms with Gasteiger partial charge in [0.25, 0.3) is 0 Å². The van der Waals surface area contributed by atoms with Gasteiger partial charge < -0.3 is 10.5 Å². The molecule has 8 heteroatoms. The van der Waals surface area contributed by atoms with Gasteiger partial charge in [0.2, 0.25) is 10.0 Å². The van der Waals surface area contributed by atoms with Crippen molar-refractivity contribution in [2.45, 2.75) is 17.8 Å². The number of nitrogens with two attached hydrogens (primary N) is 2. The van der Waals surface area contributed by atoms with E-state index in [-0.39, 0.29) is 23.7 Å². The highest BCUT2D eigenvalue weighted by molar-refractivity contribution is 7.89. The Bertz CT molecular complexity index is 634. The lowest BCUT2D eigenvalue weighted by molar-refractivity contribution is 0.0967. The number of halogens is 1. The third-order valence-corrected chi connectivity index (χ3v) is 2.97. The van der Waals surface area contributed by atoms with Crippen LogP contribution < -0.4 is 15.6 Å². The first-order valence-electron chi connectivity index (χ1n) is 5.99. The highest BCUT2D eigenvalue weighted by Gasteiger charge is 2.19.